The normalized spacial score (nSPS) is 18.4. The Morgan fingerprint density at radius 2 is 2.10 bits per heavy atom. The van der Waals surface area contributed by atoms with Gasteiger partial charge < -0.3 is 4.90 Å². The predicted molar refractivity (Wildman–Crippen MR) is 82.7 cm³/mol. The van der Waals surface area contributed by atoms with E-state index in [4.69, 9.17) is 0 Å². The molecule has 114 valence electrons. The number of anilines is 1. The lowest BCUT2D eigenvalue weighted by Gasteiger charge is -2.31. The van der Waals surface area contributed by atoms with Crippen LogP contribution in [-0.4, -0.2) is 57.8 Å². The number of nitrogens with one attached hydrogen (secondary N) is 1. The maximum Gasteiger partial charge on any atom is 0.208 e. The number of rotatable bonds is 5. The molecule has 1 aromatic heterocycles. The van der Waals surface area contributed by atoms with Gasteiger partial charge >= 0.3 is 0 Å². The highest BCUT2D eigenvalue weighted by molar-refractivity contribution is 7.88. The molecule has 0 radical (unpaired) electrons. The molecular formula is C12H22N4O2S2. The molecule has 1 saturated heterocycles. The van der Waals surface area contributed by atoms with E-state index >= 15 is 0 Å². The highest BCUT2D eigenvalue weighted by Gasteiger charge is 2.22. The third-order valence-electron chi connectivity index (χ3n) is 3.27. The van der Waals surface area contributed by atoms with Crippen LogP contribution in [0.2, 0.25) is 0 Å². The quantitative estimate of drug-likeness (QED) is 0.867. The minimum atomic E-state index is -3.09. The average molecular weight is 318 g/mol. The van der Waals surface area contributed by atoms with Gasteiger partial charge in [-0.15, -0.1) is 11.3 Å². The Hall–Kier alpha value is -0.700. The summed E-state index contributed by atoms with van der Waals surface area (Å²) in [5.74, 6) is 0. The third kappa shape index (κ3) is 4.69. The molecule has 0 atom stereocenters. The van der Waals surface area contributed by atoms with Crippen LogP contribution in [0.15, 0.2) is 6.20 Å². The zero-order valence-corrected chi connectivity index (χ0v) is 13.8. The lowest BCUT2D eigenvalue weighted by Crippen LogP contribution is -2.43. The van der Waals surface area contributed by atoms with Crippen LogP contribution in [-0.2, 0) is 16.6 Å². The minimum absolute atomic E-state index is 0.0834. The second-order valence-corrected chi connectivity index (χ2v) is 8.32. The number of hydrogen-bond donors (Lipinski definition) is 1. The molecule has 0 unspecified atom stereocenters. The van der Waals surface area contributed by atoms with Crippen LogP contribution in [0.25, 0.3) is 0 Å². The number of thiazole rings is 1. The van der Waals surface area contributed by atoms with Crippen molar-refractivity contribution in [3.8, 4) is 0 Å². The van der Waals surface area contributed by atoms with Crippen molar-refractivity contribution in [1.82, 2.24) is 14.6 Å². The van der Waals surface area contributed by atoms with E-state index in [2.05, 4.69) is 14.6 Å². The number of hydrogen-bond acceptors (Lipinski definition) is 6. The molecule has 2 heterocycles. The first-order valence-corrected chi connectivity index (χ1v) is 9.36. The van der Waals surface area contributed by atoms with E-state index in [9.17, 15) is 8.42 Å². The second kappa shape index (κ2) is 6.38. The number of nitrogens with zero attached hydrogens (tertiary/aromatic N) is 3. The molecule has 0 amide bonds. The first-order valence-electron chi connectivity index (χ1n) is 6.65. The highest BCUT2D eigenvalue weighted by Crippen LogP contribution is 2.23. The van der Waals surface area contributed by atoms with E-state index in [0.29, 0.717) is 0 Å². The molecular weight excluding hydrogens is 296 g/mol. The maximum absolute atomic E-state index is 11.2. The van der Waals surface area contributed by atoms with E-state index in [1.165, 1.54) is 11.1 Å². The van der Waals surface area contributed by atoms with E-state index in [-0.39, 0.29) is 6.04 Å². The molecule has 0 spiro atoms. The molecule has 6 nitrogen and oxygen atoms in total. The SMILES string of the molecule is CN(C)c1ncc(CN2CCC(NS(C)(=O)=O)CC2)s1. The first kappa shape index (κ1) is 15.7. The van der Waals surface area contributed by atoms with Crippen LogP contribution in [0.4, 0.5) is 5.13 Å². The summed E-state index contributed by atoms with van der Waals surface area (Å²) < 4.78 is 25.1. The Labute approximate surface area is 124 Å². The van der Waals surface area contributed by atoms with E-state index in [0.717, 1.165) is 37.6 Å². The van der Waals surface area contributed by atoms with Crippen LogP contribution in [0.1, 0.15) is 17.7 Å². The Balaban J connectivity index is 1.82. The molecule has 0 saturated carbocycles. The third-order valence-corrected chi connectivity index (χ3v) is 5.18. The van der Waals surface area contributed by atoms with Crippen LogP contribution in [0.5, 0.6) is 0 Å². The van der Waals surface area contributed by atoms with Crippen molar-refractivity contribution in [2.45, 2.75) is 25.4 Å². The highest BCUT2D eigenvalue weighted by atomic mass is 32.2. The Bertz CT molecular complexity index is 533. The molecule has 8 heteroatoms. The van der Waals surface area contributed by atoms with Crippen molar-refractivity contribution in [1.29, 1.82) is 0 Å². The fraction of sp³-hybridized carbons (Fsp3) is 0.750. The van der Waals surface area contributed by atoms with Gasteiger partial charge in [0.2, 0.25) is 10.0 Å². The maximum atomic E-state index is 11.2. The van der Waals surface area contributed by atoms with Gasteiger partial charge in [0.05, 0.1) is 6.26 Å². The summed E-state index contributed by atoms with van der Waals surface area (Å²) in [5.41, 5.74) is 0. The van der Waals surface area contributed by atoms with Gasteiger partial charge in [-0.05, 0) is 12.8 Å². The van der Waals surface area contributed by atoms with Crippen molar-refractivity contribution in [2.24, 2.45) is 0 Å². The van der Waals surface area contributed by atoms with E-state index in [1.807, 2.05) is 25.2 Å². The predicted octanol–water partition coefficient (Wildman–Crippen LogP) is 0.723. The number of likely N-dealkylation sites (tertiary alicyclic amines) is 1. The van der Waals surface area contributed by atoms with Gasteiger partial charge in [-0.3, -0.25) is 4.90 Å². The Morgan fingerprint density at radius 3 is 2.60 bits per heavy atom. The first-order chi connectivity index (χ1) is 9.33. The van der Waals surface area contributed by atoms with Gasteiger partial charge in [0.25, 0.3) is 0 Å². The average Bonchev–Trinajstić information content (AvgIpc) is 2.78. The van der Waals surface area contributed by atoms with Crippen LogP contribution in [0.3, 0.4) is 0 Å². The van der Waals surface area contributed by atoms with Crippen LogP contribution >= 0.6 is 11.3 Å². The van der Waals surface area contributed by atoms with Crippen molar-refractivity contribution < 1.29 is 8.42 Å². The number of sulfonamides is 1. The summed E-state index contributed by atoms with van der Waals surface area (Å²) in [7, 11) is 0.894. The van der Waals surface area contributed by atoms with Crippen LogP contribution < -0.4 is 9.62 Å². The molecule has 1 N–H and O–H groups in total. The molecule has 2 rings (SSSR count). The lowest BCUT2D eigenvalue weighted by atomic mass is 10.1. The topological polar surface area (TPSA) is 65.5 Å². The summed E-state index contributed by atoms with van der Waals surface area (Å²) in [5, 5.41) is 1.02. The number of aromatic nitrogens is 1. The summed E-state index contributed by atoms with van der Waals surface area (Å²) in [6.07, 6.45) is 4.89. The fourth-order valence-corrected chi connectivity index (χ4v) is 4.03. The van der Waals surface area contributed by atoms with Gasteiger partial charge in [0.1, 0.15) is 0 Å². The fourth-order valence-electron chi connectivity index (χ4n) is 2.31. The molecule has 1 aliphatic heterocycles. The van der Waals surface area contributed by atoms with E-state index in [1.54, 1.807) is 11.3 Å². The lowest BCUT2D eigenvalue weighted by molar-refractivity contribution is 0.201. The minimum Gasteiger partial charge on any atom is -0.354 e. The zero-order valence-electron chi connectivity index (χ0n) is 12.2. The smallest absolute Gasteiger partial charge is 0.208 e. The van der Waals surface area contributed by atoms with Gasteiger partial charge in [0.15, 0.2) is 5.13 Å². The molecule has 0 aliphatic carbocycles. The van der Waals surface area contributed by atoms with Gasteiger partial charge in [-0.1, -0.05) is 0 Å². The van der Waals surface area contributed by atoms with Gasteiger partial charge in [-0.2, -0.15) is 0 Å². The summed E-state index contributed by atoms with van der Waals surface area (Å²) in [6, 6.07) is 0.0834. The van der Waals surface area contributed by atoms with Gasteiger partial charge in [0, 0.05) is 50.8 Å². The number of piperidine rings is 1. The summed E-state index contributed by atoms with van der Waals surface area (Å²) >= 11 is 1.71. The molecule has 1 aliphatic rings. The molecule has 1 fully saturated rings. The van der Waals surface area contributed by atoms with Gasteiger partial charge in [-0.25, -0.2) is 18.1 Å². The second-order valence-electron chi connectivity index (χ2n) is 5.44. The Morgan fingerprint density at radius 1 is 1.45 bits per heavy atom. The van der Waals surface area contributed by atoms with E-state index < -0.39 is 10.0 Å². The standard InChI is InChI=1S/C12H22N4O2S2/c1-15(2)12-13-8-11(19-12)9-16-6-4-10(5-7-16)14-20(3,17)18/h8,10,14H,4-7,9H2,1-3H3. The molecule has 20 heavy (non-hydrogen) atoms. The van der Waals surface area contributed by atoms with Crippen molar-refractivity contribution in [2.75, 3.05) is 38.3 Å². The molecule has 0 bridgehead atoms. The van der Waals surface area contributed by atoms with Crippen LogP contribution in [0, 0.1) is 0 Å². The molecule has 1 aromatic rings. The summed E-state index contributed by atoms with van der Waals surface area (Å²) in [4.78, 5) is 9.99. The zero-order chi connectivity index (χ0) is 14.8. The largest absolute Gasteiger partial charge is 0.354 e. The monoisotopic (exact) mass is 318 g/mol. The van der Waals surface area contributed by atoms with Crippen molar-refractivity contribution >= 4 is 26.5 Å². The summed E-state index contributed by atoms with van der Waals surface area (Å²) in [6.45, 7) is 2.74. The molecule has 0 aromatic carbocycles. The van der Waals surface area contributed by atoms with Crippen molar-refractivity contribution in [3.05, 3.63) is 11.1 Å². The Kier molecular flexibility index (Phi) is 5.00. The van der Waals surface area contributed by atoms with Crippen molar-refractivity contribution in [3.63, 3.8) is 0 Å².